The predicted molar refractivity (Wildman–Crippen MR) is 94.4 cm³/mol. The number of carbonyl (C=O) groups excluding carboxylic acids is 2. The lowest BCUT2D eigenvalue weighted by molar-refractivity contribution is -0.139. The maximum atomic E-state index is 13.0. The summed E-state index contributed by atoms with van der Waals surface area (Å²) in [5, 5.41) is 0. The number of carbonyl (C=O) groups is 2. The topological polar surface area (TPSA) is 40.6 Å². The third kappa shape index (κ3) is 4.20. The van der Waals surface area contributed by atoms with E-state index in [-0.39, 0.29) is 23.5 Å². The highest BCUT2D eigenvalue weighted by molar-refractivity contribution is 5.89. The van der Waals surface area contributed by atoms with Gasteiger partial charge in [-0.05, 0) is 49.8 Å². The highest BCUT2D eigenvalue weighted by atomic mass is 19.1. The highest BCUT2D eigenvalue weighted by Gasteiger charge is 2.38. The van der Waals surface area contributed by atoms with E-state index in [9.17, 15) is 14.0 Å². The third-order valence-electron chi connectivity index (χ3n) is 5.53. The molecule has 5 heteroatoms. The van der Waals surface area contributed by atoms with Crippen molar-refractivity contribution in [3.05, 3.63) is 35.6 Å². The van der Waals surface area contributed by atoms with Gasteiger partial charge in [0.05, 0.1) is 5.92 Å². The fourth-order valence-corrected chi connectivity index (χ4v) is 4.02. The second-order valence-corrected chi connectivity index (χ2v) is 7.21. The summed E-state index contributed by atoms with van der Waals surface area (Å²) in [4.78, 5) is 29.0. The molecule has 25 heavy (non-hydrogen) atoms. The molecule has 2 atom stereocenters. The van der Waals surface area contributed by atoms with E-state index in [1.165, 1.54) is 18.6 Å². The zero-order valence-electron chi connectivity index (χ0n) is 14.9. The largest absolute Gasteiger partial charge is 0.342 e. The molecule has 3 rings (SSSR count). The van der Waals surface area contributed by atoms with Crippen molar-refractivity contribution in [2.45, 2.75) is 51.5 Å². The number of likely N-dealkylation sites (tertiary alicyclic amines) is 2. The number of halogens is 1. The van der Waals surface area contributed by atoms with Crippen LogP contribution in [-0.4, -0.2) is 47.3 Å². The van der Waals surface area contributed by atoms with Gasteiger partial charge >= 0.3 is 0 Å². The third-order valence-corrected chi connectivity index (χ3v) is 5.53. The summed E-state index contributed by atoms with van der Waals surface area (Å²) in [7, 11) is 0. The van der Waals surface area contributed by atoms with Crippen LogP contribution in [0.25, 0.3) is 0 Å². The van der Waals surface area contributed by atoms with Gasteiger partial charge in [-0.1, -0.05) is 19.1 Å². The monoisotopic (exact) mass is 346 g/mol. The van der Waals surface area contributed by atoms with Crippen LogP contribution in [0.2, 0.25) is 0 Å². The lowest BCUT2D eigenvalue weighted by Crippen LogP contribution is -2.46. The molecule has 0 saturated carbocycles. The lowest BCUT2D eigenvalue weighted by atomic mass is 9.97. The van der Waals surface area contributed by atoms with Crippen LogP contribution in [-0.2, 0) is 16.0 Å². The molecule has 136 valence electrons. The van der Waals surface area contributed by atoms with Crippen molar-refractivity contribution in [2.75, 3.05) is 19.6 Å². The number of hydrogen-bond acceptors (Lipinski definition) is 2. The standard InChI is InChI=1S/C20H27FN2O2/c1-2-18-5-3-4-11-23(18)20(25)16-13-19(24)22(14-16)12-10-15-6-8-17(21)9-7-15/h6-9,16,18H,2-5,10-14H2,1H3/t16-,18-/m0/s1. The van der Waals surface area contributed by atoms with E-state index in [0.717, 1.165) is 31.4 Å². The van der Waals surface area contributed by atoms with Gasteiger partial charge in [-0.25, -0.2) is 4.39 Å². The number of rotatable bonds is 5. The second kappa shape index (κ2) is 7.98. The minimum absolute atomic E-state index is 0.0607. The molecule has 2 aliphatic heterocycles. The van der Waals surface area contributed by atoms with Crippen LogP contribution in [0.4, 0.5) is 4.39 Å². The van der Waals surface area contributed by atoms with Crippen molar-refractivity contribution in [2.24, 2.45) is 5.92 Å². The smallest absolute Gasteiger partial charge is 0.228 e. The van der Waals surface area contributed by atoms with Gasteiger partial charge in [0.15, 0.2) is 0 Å². The summed E-state index contributed by atoms with van der Waals surface area (Å²) < 4.78 is 13.0. The number of benzene rings is 1. The Labute approximate surface area is 149 Å². The van der Waals surface area contributed by atoms with E-state index in [1.54, 1.807) is 17.0 Å². The Hall–Kier alpha value is -1.91. The normalized spacial score (nSPS) is 24.0. The van der Waals surface area contributed by atoms with Crippen LogP contribution in [0.15, 0.2) is 24.3 Å². The zero-order valence-corrected chi connectivity index (χ0v) is 14.9. The van der Waals surface area contributed by atoms with E-state index in [0.29, 0.717) is 32.0 Å². The molecule has 0 spiro atoms. The van der Waals surface area contributed by atoms with Crippen LogP contribution in [0, 0.1) is 11.7 Å². The Bertz CT molecular complexity index is 617. The Kier molecular flexibility index (Phi) is 5.71. The van der Waals surface area contributed by atoms with E-state index >= 15 is 0 Å². The van der Waals surface area contributed by atoms with Gasteiger partial charge in [0.2, 0.25) is 11.8 Å². The first-order valence-corrected chi connectivity index (χ1v) is 9.41. The van der Waals surface area contributed by atoms with Crippen molar-refractivity contribution in [3.63, 3.8) is 0 Å². The fourth-order valence-electron chi connectivity index (χ4n) is 4.02. The van der Waals surface area contributed by atoms with Crippen molar-refractivity contribution >= 4 is 11.8 Å². The molecule has 0 N–H and O–H groups in total. The summed E-state index contributed by atoms with van der Waals surface area (Å²) in [6, 6.07) is 6.71. The van der Waals surface area contributed by atoms with Crippen LogP contribution < -0.4 is 0 Å². The first kappa shape index (κ1) is 17.9. The highest BCUT2D eigenvalue weighted by Crippen LogP contribution is 2.26. The van der Waals surface area contributed by atoms with Crippen LogP contribution >= 0.6 is 0 Å². The fraction of sp³-hybridized carbons (Fsp3) is 0.600. The maximum Gasteiger partial charge on any atom is 0.228 e. The molecule has 0 unspecified atom stereocenters. The van der Waals surface area contributed by atoms with Crippen molar-refractivity contribution in [1.29, 1.82) is 0 Å². The average molecular weight is 346 g/mol. The number of nitrogens with zero attached hydrogens (tertiary/aromatic N) is 2. The second-order valence-electron chi connectivity index (χ2n) is 7.21. The Morgan fingerprint density at radius 2 is 2.00 bits per heavy atom. The van der Waals surface area contributed by atoms with Crippen molar-refractivity contribution in [3.8, 4) is 0 Å². The molecule has 1 aromatic carbocycles. The van der Waals surface area contributed by atoms with E-state index < -0.39 is 0 Å². The average Bonchev–Trinajstić information content (AvgIpc) is 3.01. The number of piperidine rings is 1. The van der Waals surface area contributed by atoms with Gasteiger partial charge in [-0.3, -0.25) is 9.59 Å². The van der Waals surface area contributed by atoms with Gasteiger partial charge in [0.1, 0.15) is 5.82 Å². The molecular formula is C20H27FN2O2. The van der Waals surface area contributed by atoms with Crippen molar-refractivity contribution in [1.82, 2.24) is 9.80 Å². The zero-order chi connectivity index (χ0) is 17.8. The molecule has 0 aromatic heterocycles. The molecule has 2 amide bonds. The summed E-state index contributed by atoms with van der Waals surface area (Å²) in [5.74, 6) is -0.235. The predicted octanol–water partition coefficient (Wildman–Crippen LogP) is 3.01. The summed E-state index contributed by atoms with van der Waals surface area (Å²) >= 11 is 0. The summed E-state index contributed by atoms with van der Waals surface area (Å²) in [6.45, 7) is 4.07. The van der Waals surface area contributed by atoms with Gasteiger partial charge in [0.25, 0.3) is 0 Å². The Morgan fingerprint density at radius 1 is 1.24 bits per heavy atom. The van der Waals surface area contributed by atoms with Gasteiger partial charge in [0, 0.05) is 32.1 Å². The van der Waals surface area contributed by atoms with Crippen LogP contribution in [0.3, 0.4) is 0 Å². The lowest BCUT2D eigenvalue weighted by Gasteiger charge is -2.36. The first-order chi connectivity index (χ1) is 12.1. The molecule has 2 aliphatic rings. The summed E-state index contributed by atoms with van der Waals surface area (Å²) in [6.07, 6.45) is 5.34. The molecule has 4 nitrogen and oxygen atoms in total. The quantitative estimate of drug-likeness (QED) is 0.822. The van der Waals surface area contributed by atoms with Crippen molar-refractivity contribution < 1.29 is 14.0 Å². The summed E-state index contributed by atoms with van der Waals surface area (Å²) in [5.41, 5.74) is 1.01. The minimum Gasteiger partial charge on any atom is -0.342 e. The van der Waals surface area contributed by atoms with Gasteiger partial charge < -0.3 is 9.80 Å². The molecular weight excluding hydrogens is 319 g/mol. The molecule has 0 bridgehead atoms. The van der Waals surface area contributed by atoms with Gasteiger partial charge in [-0.2, -0.15) is 0 Å². The van der Waals surface area contributed by atoms with E-state index in [2.05, 4.69) is 6.92 Å². The SMILES string of the molecule is CC[C@H]1CCCCN1C(=O)[C@H]1CC(=O)N(CCc2ccc(F)cc2)C1. The molecule has 2 fully saturated rings. The maximum absolute atomic E-state index is 13.0. The van der Waals surface area contributed by atoms with Crippen LogP contribution in [0.5, 0.6) is 0 Å². The molecule has 0 radical (unpaired) electrons. The minimum atomic E-state index is -0.251. The Balaban J connectivity index is 1.56. The molecule has 2 heterocycles. The molecule has 0 aliphatic carbocycles. The van der Waals surface area contributed by atoms with E-state index in [4.69, 9.17) is 0 Å². The molecule has 1 aromatic rings. The molecule has 2 saturated heterocycles. The Morgan fingerprint density at radius 3 is 2.72 bits per heavy atom. The van der Waals surface area contributed by atoms with E-state index in [1.807, 2.05) is 4.90 Å². The number of hydrogen-bond donors (Lipinski definition) is 0. The van der Waals surface area contributed by atoms with Crippen LogP contribution in [0.1, 0.15) is 44.6 Å². The number of amides is 2. The van der Waals surface area contributed by atoms with Gasteiger partial charge in [-0.15, -0.1) is 0 Å². The first-order valence-electron chi connectivity index (χ1n) is 9.41.